The molecule has 2 aliphatic carbocycles. The Kier molecular flexibility index (Phi) is 4.43. The van der Waals surface area contributed by atoms with Gasteiger partial charge in [-0.05, 0) is 56.8 Å². The molecule has 2 N–H and O–H groups in total. The van der Waals surface area contributed by atoms with Gasteiger partial charge in [-0.15, -0.1) is 0 Å². The number of carbonyl (C=O) groups excluding carboxylic acids is 1. The first-order chi connectivity index (χ1) is 8.20. The summed E-state index contributed by atoms with van der Waals surface area (Å²) in [6, 6.07) is 0.340. The SMILES string of the molecule is CC(NC(=O)CCCCO)C1CC2CCC1C2. The molecule has 2 aliphatic rings. The number of carbonyl (C=O) groups is 1. The average Bonchev–Trinajstić information content (AvgIpc) is 2.91. The average molecular weight is 239 g/mol. The van der Waals surface area contributed by atoms with Crippen molar-refractivity contribution in [3.05, 3.63) is 0 Å². The van der Waals surface area contributed by atoms with Crippen LogP contribution in [0.15, 0.2) is 0 Å². The molecule has 0 aromatic heterocycles. The van der Waals surface area contributed by atoms with Gasteiger partial charge in [-0.3, -0.25) is 4.79 Å². The lowest BCUT2D eigenvalue weighted by Gasteiger charge is -2.28. The first-order valence-corrected chi connectivity index (χ1v) is 7.11. The van der Waals surface area contributed by atoms with E-state index < -0.39 is 0 Å². The molecule has 3 heteroatoms. The van der Waals surface area contributed by atoms with Crippen molar-refractivity contribution in [2.75, 3.05) is 6.61 Å². The van der Waals surface area contributed by atoms with Gasteiger partial charge < -0.3 is 10.4 Å². The molecule has 0 aromatic rings. The van der Waals surface area contributed by atoms with E-state index in [1.165, 1.54) is 25.7 Å². The van der Waals surface area contributed by atoms with Crippen molar-refractivity contribution in [3.63, 3.8) is 0 Å². The van der Waals surface area contributed by atoms with E-state index in [2.05, 4.69) is 12.2 Å². The number of rotatable bonds is 6. The second-order valence-electron chi connectivity index (χ2n) is 5.88. The third-order valence-corrected chi connectivity index (χ3v) is 4.64. The van der Waals surface area contributed by atoms with Crippen LogP contribution in [0.4, 0.5) is 0 Å². The lowest BCUT2D eigenvalue weighted by atomic mass is 9.84. The predicted octanol–water partition coefficient (Wildman–Crippen LogP) is 2.09. The Balaban J connectivity index is 1.70. The van der Waals surface area contributed by atoms with Crippen molar-refractivity contribution in [1.82, 2.24) is 5.32 Å². The van der Waals surface area contributed by atoms with Crippen LogP contribution < -0.4 is 5.32 Å². The van der Waals surface area contributed by atoms with Gasteiger partial charge in [0.1, 0.15) is 0 Å². The molecule has 98 valence electrons. The zero-order chi connectivity index (χ0) is 12.3. The molecule has 2 rings (SSSR count). The molecule has 4 atom stereocenters. The quantitative estimate of drug-likeness (QED) is 0.697. The van der Waals surface area contributed by atoms with Gasteiger partial charge >= 0.3 is 0 Å². The minimum absolute atomic E-state index is 0.161. The summed E-state index contributed by atoms with van der Waals surface area (Å²) in [6.45, 7) is 2.35. The summed E-state index contributed by atoms with van der Waals surface area (Å²) in [5.74, 6) is 2.69. The van der Waals surface area contributed by atoms with Gasteiger partial charge in [0.25, 0.3) is 0 Å². The number of nitrogens with one attached hydrogen (secondary N) is 1. The molecule has 4 unspecified atom stereocenters. The van der Waals surface area contributed by atoms with Crippen LogP contribution in [0, 0.1) is 17.8 Å². The molecule has 2 bridgehead atoms. The number of hydrogen-bond donors (Lipinski definition) is 2. The van der Waals surface area contributed by atoms with Crippen LogP contribution in [-0.4, -0.2) is 23.7 Å². The lowest BCUT2D eigenvalue weighted by Crippen LogP contribution is -2.40. The highest BCUT2D eigenvalue weighted by Gasteiger charge is 2.41. The molecule has 3 nitrogen and oxygen atoms in total. The monoisotopic (exact) mass is 239 g/mol. The molecule has 0 saturated heterocycles. The number of aliphatic hydroxyl groups is 1. The predicted molar refractivity (Wildman–Crippen MR) is 67.5 cm³/mol. The van der Waals surface area contributed by atoms with Gasteiger partial charge in [0.05, 0.1) is 0 Å². The Morgan fingerprint density at radius 2 is 2.18 bits per heavy atom. The first kappa shape index (κ1) is 12.9. The molecule has 0 heterocycles. The highest BCUT2D eigenvalue weighted by Crippen LogP contribution is 2.49. The number of fused-ring (bicyclic) bond motifs is 2. The van der Waals surface area contributed by atoms with Gasteiger partial charge in [-0.2, -0.15) is 0 Å². The molecule has 2 saturated carbocycles. The molecule has 0 aliphatic heterocycles. The summed E-state index contributed by atoms with van der Waals surface area (Å²) in [7, 11) is 0. The maximum Gasteiger partial charge on any atom is 0.220 e. The van der Waals surface area contributed by atoms with E-state index in [9.17, 15) is 4.79 Å². The first-order valence-electron chi connectivity index (χ1n) is 7.11. The van der Waals surface area contributed by atoms with Gasteiger partial charge in [0, 0.05) is 19.1 Å². The summed E-state index contributed by atoms with van der Waals surface area (Å²) >= 11 is 0. The molecular formula is C14H25NO2. The van der Waals surface area contributed by atoms with Crippen LogP contribution in [0.2, 0.25) is 0 Å². The smallest absolute Gasteiger partial charge is 0.220 e. The largest absolute Gasteiger partial charge is 0.396 e. The summed E-state index contributed by atoms with van der Waals surface area (Å²) < 4.78 is 0. The molecule has 2 fully saturated rings. The Morgan fingerprint density at radius 3 is 2.76 bits per heavy atom. The second kappa shape index (κ2) is 5.85. The number of amides is 1. The van der Waals surface area contributed by atoms with Crippen molar-refractivity contribution >= 4 is 5.91 Å². The topological polar surface area (TPSA) is 49.3 Å². The normalized spacial score (nSPS) is 32.7. The Morgan fingerprint density at radius 1 is 1.35 bits per heavy atom. The summed E-state index contributed by atoms with van der Waals surface area (Å²) in [6.07, 6.45) is 7.60. The van der Waals surface area contributed by atoms with Gasteiger partial charge in [0.15, 0.2) is 0 Å². The standard InChI is InChI=1S/C14H25NO2/c1-10(15-14(17)4-2-3-7-16)13-9-11-5-6-12(13)8-11/h10-13,16H,2-9H2,1H3,(H,15,17). The second-order valence-corrected chi connectivity index (χ2v) is 5.88. The number of aliphatic hydroxyl groups excluding tert-OH is 1. The lowest BCUT2D eigenvalue weighted by molar-refractivity contribution is -0.122. The van der Waals surface area contributed by atoms with E-state index in [0.29, 0.717) is 12.5 Å². The minimum atomic E-state index is 0.161. The van der Waals surface area contributed by atoms with Crippen molar-refractivity contribution < 1.29 is 9.90 Å². The van der Waals surface area contributed by atoms with Crippen LogP contribution in [0.1, 0.15) is 51.9 Å². The van der Waals surface area contributed by atoms with Crippen LogP contribution in [-0.2, 0) is 4.79 Å². The summed E-state index contributed by atoms with van der Waals surface area (Å²) in [5.41, 5.74) is 0. The fourth-order valence-electron chi connectivity index (χ4n) is 3.74. The van der Waals surface area contributed by atoms with Crippen molar-refractivity contribution in [2.45, 2.75) is 57.9 Å². The van der Waals surface area contributed by atoms with Crippen LogP contribution in [0.5, 0.6) is 0 Å². The Bertz CT molecular complexity index is 267. The summed E-state index contributed by atoms with van der Waals surface area (Å²) in [5, 5.41) is 11.8. The highest BCUT2D eigenvalue weighted by atomic mass is 16.2. The molecular weight excluding hydrogens is 214 g/mol. The fraction of sp³-hybridized carbons (Fsp3) is 0.929. The molecule has 17 heavy (non-hydrogen) atoms. The molecule has 0 spiro atoms. The van der Waals surface area contributed by atoms with E-state index >= 15 is 0 Å². The van der Waals surface area contributed by atoms with E-state index in [-0.39, 0.29) is 12.5 Å². The van der Waals surface area contributed by atoms with Crippen molar-refractivity contribution in [1.29, 1.82) is 0 Å². The molecule has 0 aromatic carbocycles. The van der Waals surface area contributed by atoms with E-state index in [1.807, 2.05) is 0 Å². The maximum atomic E-state index is 11.7. The number of hydrogen-bond acceptors (Lipinski definition) is 2. The van der Waals surface area contributed by atoms with Gasteiger partial charge in [0.2, 0.25) is 5.91 Å². The summed E-state index contributed by atoms with van der Waals surface area (Å²) in [4.78, 5) is 11.7. The molecule has 1 amide bonds. The van der Waals surface area contributed by atoms with E-state index in [1.54, 1.807) is 0 Å². The molecule has 0 radical (unpaired) electrons. The Labute approximate surface area is 104 Å². The van der Waals surface area contributed by atoms with Crippen LogP contribution >= 0.6 is 0 Å². The van der Waals surface area contributed by atoms with Crippen LogP contribution in [0.3, 0.4) is 0 Å². The third-order valence-electron chi connectivity index (χ3n) is 4.64. The van der Waals surface area contributed by atoms with Crippen molar-refractivity contribution in [2.24, 2.45) is 17.8 Å². The van der Waals surface area contributed by atoms with Gasteiger partial charge in [-0.1, -0.05) is 6.42 Å². The van der Waals surface area contributed by atoms with Gasteiger partial charge in [-0.25, -0.2) is 0 Å². The van der Waals surface area contributed by atoms with Crippen LogP contribution in [0.25, 0.3) is 0 Å². The zero-order valence-electron chi connectivity index (χ0n) is 10.8. The minimum Gasteiger partial charge on any atom is -0.396 e. The Hall–Kier alpha value is -0.570. The zero-order valence-corrected chi connectivity index (χ0v) is 10.8. The van der Waals surface area contributed by atoms with E-state index in [0.717, 1.165) is 30.6 Å². The van der Waals surface area contributed by atoms with E-state index in [4.69, 9.17) is 5.11 Å². The fourth-order valence-corrected chi connectivity index (χ4v) is 3.74. The maximum absolute atomic E-state index is 11.7. The number of unbranched alkanes of at least 4 members (excludes halogenated alkanes) is 1. The third kappa shape index (κ3) is 3.21. The highest BCUT2D eigenvalue weighted by molar-refractivity contribution is 5.76. The van der Waals surface area contributed by atoms with Crippen molar-refractivity contribution in [3.8, 4) is 0 Å².